The SMILES string of the molecule is [c]1c(-c2cccc3c2=NC2C=CC=CC=32)ccc2c1[nH]c1ccccc12. The van der Waals surface area contributed by atoms with Gasteiger partial charge in [-0.15, -0.1) is 0 Å². The highest BCUT2D eigenvalue weighted by Crippen LogP contribution is 2.28. The highest BCUT2D eigenvalue weighted by molar-refractivity contribution is 6.07. The molecule has 4 aromatic rings. The summed E-state index contributed by atoms with van der Waals surface area (Å²) in [4.78, 5) is 8.46. The number of hydrogen-bond acceptors (Lipinski definition) is 1. The molecule has 1 atom stereocenters. The van der Waals surface area contributed by atoms with Gasteiger partial charge in [0.05, 0.1) is 16.9 Å². The van der Waals surface area contributed by atoms with Crippen LogP contribution >= 0.6 is 0 Å². The molecular weight excluding hydrogens is 316 g/mol. The molecule has 1 aliphatic carbocycles. The third kappa shape index (κ3) is 1.84. The minimum atomic E-state index is 0.146. The molecule has 0 saturated carbocycles. The highest BCUT2D eigenvalue weighted by Gasteiger charge is 2.18. The lowest BCUT2D eigenvalue weighted by molar-refractivity contribution is 1.03. The van der Waals surface area contributed by atoms with Gasteiger partial charge in [0.2, 0.25) is 0 Å². The molecule has 2 nitrogen and oxygen atoms in total. The van der Waals surface area contributed by atoms with E-state index in [1.807, 2.05) is 0 Å². The first-order valence-electron chi connectivity index (χ1n) is 8.87. The third-order valence-electron chi connectivity index (χ3n) is 5.33. The molecule has 0 fully saturated rings. The number of benzene rings is 3. The first kappa shape index (κ1) is 13.9. The van der Waals surface area contributed by atoms with Gasteiger partial charge in [0.15, 0.2) is 0 Å². The monoisotopic (exact) mass is 331 g/mol. The van der Waals surface area contributed by atoms with E-state index >= 15 is 0 Å². The largest absolute Gasteiger partial charge is 0.354 e. The fourth-order valence-electron chi connectivity index (χ4n) is 4.10. The third-order valence-corrected chi connectivity index (χ3v) is 5.33. The van der Waals surface area contributed by atoms with E-state index in [1.54, 1.807) is 0 Å². The van der Waals surface area contributed by atoms with Crippen LogP contribution in [0, 0.1) is 6.07 Å². The van der Waals surface area contributed by atoms with Gasteiger partial charge in [-0.05, 0) is 17.2 Å². The predicted molar refractivity (Wildman–Crippen MR) is 106 cm³/mol. The quantitative estimate of drug-likeness (QED) is 0.545. The minimum absolute atomic E-state index is 0.146. The average molecular weight is 331 g/mol. The Kier molecular flexibility index (Phi) is 2.69. The van der Waals surface area contributed by atoms with Gasteiger partial charge in [-0.2, -0.15) is 0 Å². The summed E-state index contributed by atoms with van der Waals surface area (Å²) >= 11 is 0. The normalized spacial score (nSPS) is 17.5. The molecule has 1 aromatic heterocycles. The van der Waals surface area contributed by atoms with Gasteiger partial charge in [-0.25, -0.2) is 0 Å². The van der Waals surface area contributed by atoms with Gasteiger partial charge in [0, 0.05) is 33.1 Å². The van der Waals surface area contributed by atoms with Crippen molar-refractivity contribution in [2.75, 3.05) is 0 Å². The van der Waals surface area contributed by atoms with Gasteiger partial charge in [-0.1, -0.05) is 72.8 Å². The molecule has 0 spiro atoms. The van der Waals surface area contributed by atoms with Crippen molar-refractivity contribution in [3.8, 4) is 11.1 Å². The number of nitrogens with zero attached hydrogens (tertiary/aromatic N) is 1. The molecular formula is C24H15N2. The Bertz CT molecular complexity index is 1380. The van der Waals surface area contributed by atoms with Gasteiger partial charge in [-0.3, -0.25) is 4.99 Å². The lowest BCUT2D eigenvalue weighted by Gasteiger charge is -2.06. The Hall–Kier alpha value is -3.39. The molecule has 1 N–H and O–H groups in total. The maximum Gasteiger partial charge on any atom is 0.0947 e. The van der Waals surface area contributed by atoms with Crippen molar-refractivity contribution in [1.82, 2.24) is 4.98 Å². The zero-order chi connectivity index (χ0) is 17.1. The van der Waals surface area contributed by atoms with Gasteiger partial charge >= 0.3 is 0 Å². The van der Waals surface area contributed by atoms with E-state index in [0.29, 0.717) is 0 Å². The smallest absolute Gasteiger partial charge is 0.0947 e. The molecule has 1 aliphatic heterocycles. The van der Waals surface area contributed by atoms with Crippen LogP contribution in [0.5, 0.6) is 0 Å². The van der Waals surface area contributed by atoms with Gasteiger partial charge < -0.3 is 4.98 Å². The molecule has 26 heavy (non-hydrogen) atoms. The summed E-state index contributed by atoms with van der Waals surface area (Å²) in [7, 11) is 0. The van der Waals surface area contributed by atoms with Crippen LogP contribution < -0.4 is 10.6 Å². The van der Waals surface area contributed by atoms with E-state index in [2.05, 4.69) is 90.0 Å². The van der Waals surface area contributed by atoms with Crippen LogP contribution in [0.1, 0.15) is 0 Å². The fraction of sp³-hybridized carbons (Fsp3) is 0.0417. The van der Waals surface area contributed by atoms with E-state index in [9.17, 15) is 0 Å². The van der Waals surface area contributed by atoms with Gasteiger partial charge in [0.1, 0.15) is 0 Å². The zero-order valence-corrected chi connectivity index (χ0v) is 14.0. The summed E-state index contributed by atoms with van der Waals surface area (Å²) in [5, 5.41) is 4.77. The van der Waals surface area contributed by atoms with Crippen molar-refractivity contribution < 1.29 is 0 Å². The summed E-state index contributed by atoms with van der Waals surface area (Å²) in [6, 6.07) is 22.9. The number of nitrogens with one attached hydrogen (secondary N) is 1. The van der Waals surface area contributed by atoms with Crippen molar-refractivity contribution in [3.63, 3.8) is 0 Å². The molecule has 1 unspecified atom stereocenters. The van der Waals surface area contributed by atoms with Crippen LogP contribution in [0.15, 0.2) is 83.9 Å². The zero-order valence-electron chi connectivity index (χ0n) is 14.0. The molecule has 0 saturated heterocycles. The van der Waals surface area contributed by atoms with Gasteiger partial charge in [0.25, 0.3) is 0 Å². The van der Waals surface area contributed by atoms with E-state index in [1.165, 1.54) is 21.6 Å². The minimum Gasteiger partial charge on any atom is -0.354 e. The Morgan fingerprint density at radius 2 is 1.85 bits per heavy atom. The van der Waals surface area contributed by atoms with Crippen molar-refractivity contribution in [2.24, 2.45) is 4.99 Å². The number of hydrogen-bond donors (Lipinski definition) is 1. The molecule has 1 radical (unpaired) electrons. The molecule has 2 heterocycles. The summed E-state index contributed by atoms with van der Waals surface area (Å²) in [6.45, 7) is 0. The number of para-hydroxylation sites is 2. The van der Waals surface area contributed by atoms with Crippen molar-refractivity contribution >= 4 is 27.4 Å². The van der Waals surface area contributed by atoms with Crippen molar-refractivity contribution in [3.05, 3.63) is 95.5 Å². The number of H-pyrrole nitrogens is 1. The van der Waals surface area contributed by atoms with Crippen LogP contribution in [0.3, 0.4) is 0 Å². The summed E-state index contributed by atoms with van der Waals surface area (Å²) < 4.78 is 0. The maximum absolute atomic E-state index is 4.97. The van der Waals surface area contributed by atoms with Crippen LogP contribution in [0.2, 0.25) is 0 Å². The highest BCUT2D eigenvalue weighted by atomic mass is 14.8. The lowest BCUT2D eigenvalue weighted by Crippen LogP contribution is -2.24. The van der Waals surface area contributed by atoms with E-state index in [4.69, 9.17) is 4.99 Å². The topological polar surface area (TPSA) is 28.1 Å². The Morgan fingerprint density at radius 1 is 0.885 bits per heavy atom. The number of aromatic nitrogens is 1. The Balaban J connectivity index is 1.63. The second-order valence-corrected chi connectivity index (χ2v) is 6.81. The summed E-state index contributed by atoms with van der Waals surface area (Å²) in [5.41, 5.74) is 5.71. The van der Waals surface area contributed by atoms with Crippen LogP contribution in [-0.2, 0) is 0 Å². The number of fused-ring (bicyclic) bond motifs is 5. The summed E-state index contributed by atoms with van der Waals surface area (Å²) in [6.07, 6.45) is 8.50. The molecule has 0 amide bonds. The predicted octanol–water partition coefficient (Wildman–Crippen LogP) is 4.07. The van der Waals surface area contributed by atoms with E-state index in [0.717, 1.165) is 27.5 Å². The van der Waals surface area contributed by atoms with E-state index < -0.39 is 0 Å². The van der Waals surface area contributed by atoms with Crippen molar-refractivity contribution in [1.29, 1.82) is 0 Å². The maximum atomic E-state index is 4.97. The number of rotatable bonds is 1. The van der Waals surface area contributed by atoms with Crippen LogP contribution in [0.25, 0.3) is 38.5 Å². The first-order chi connectivity index (χ1) is 12.9. The Labute approximate surface area is 150 Å². The number of allylic oxidation sites excluding steroid dienone is 2. The molecule has 2 heteroatoms. The van der Waals surface area contributed by atoms with E-state index in [-0.39, 0.29) is 6.04 Å². The second kappa shape index (κ2) is 5.06. The summed E-state index contributed by atoms with van der Waals surface area (Å²) in [5.74, 6) is 0. The molecule has 0 bridgehead atoms. The number of aromatic amines is 1. The average Bonchev–Trinajstić information content (AvgIpc) is 3.25. The van der Waals surface area contributed by atoms with Crippen molar-refractivity contribution in [2.45, 2.75) is 6.04 Å². The molecule has 6 rings (SSSR count). The van der Waals surface area contributed by atoms with Crippen LogP contribution in [0.4, 0.5) is 0 Å². The molecule has 3 aromatic carbocycles. The fourth-order valence-corrected chi connectivity index (χ4v) is 4.10. The molecule has 121 valence electrons. The lowest BCUT2D eigenvalue weighted by atomic mass is 9.99. The second-order valence-electron chi connectivity index (χ2n) is 6.81. The molecule has 2 aliphatic rings. The first-order valence-corrected chi connectivity index (χ1v) is 8.87. The van der Waals surface area contributed by atoms with Crippen LogP contribution in [-0.4, -0.2) is 11.0 Å². The standard InChI is InChI=1S/C24H15N2/c1-3-10-21-17(6-1)19-13-12-15(14-23(19)25-21)16-8-5-9-20-18-7-2-4-11-22(18)26-24(16)20/h1-13,22,25H. The Morgan fingerprint density at radius 3 is 2.85 bits per heavy atom.